The molecule has 0 saturated carbocycles. The number of hydrogen-bond acceptors (Lipinski definition) is 3. The van der Waals surface area contributed by atoms with Crippen LogP contribution in [-0.2, 0) is 0 Å². The van der Waals surface area contributed by atoms with Crippen molar-refractivity contribution in [3.05, 3.63) is 0 Å². The first-order valence-corrected chi connectivity index (χ1v) is 6.89. The first-order chi connectivity index (χ1) is 7.75. The van der Waals surface area contributed by atoms with Gasteiger partial charge in [0.25, 0.3) is 0 Å². The summed E-state index contributed by atoms with van der Waals surface area (Å²) in [5.74, 6) is 0.968. The SMILES string of the molecule is CC(CCC1CCN(C)C1)N1CCNCC1. The van der Waals surface area contributed by atoms with Gasteiger partial charge in [-0.2, -0.15) is 0 Å². The Hall–Kier alpha value is -0.120. The van der Waals surface area contributed by atoms with E-state index in [0.717, 1.165) is 12.0 Å². The number of rotatable bonds is 4. The Labute approximate surface area is 100 Å². The molecule has 16 heavy (non-hydrogen) atoms. The molecule has 3 nitrogen and oxygen atoms in total. The molecule has 0 aliphatic carbocycles. The summed E-state index contributed by atoms with van der Waals surface area (Å²) in [7, 11) is 2.25. The maximum atomic E-state index is 3.42. The van der Waals surface area contributed by atoms with E-state index < -0.39 is 0 Å². The topological polar surface area (TPSA) is 18.5 Å². The number of nitrogens with one attached hydrogen (secondary N) is 1. The van der Waals surface area contributed by atoms with Crippen LogP contribution in [0, 0.1) is 5.92 Å². The van der Waals surface area contributed by atoms with Crippen LogP contribution in [0.15, 0.2) is 0 Å². The average Bonchev–Trinajstić information content (AvgIpc) is 2.73. The van der Waals surface area contributed by atoms with Crippen molar-refractivity contribution >= 4 is 0 Å². The van der Waals surface area contributed by atoms with Crippen LogP contribution in [0.25, 0.3) is 0 Å². The van der Waals surface area contributed by atoms with E-state index in [1.54, 1.807) is 0 Å². The van der Waals surface area contributed by atoms with Gasteiger partial charge in [0.1, 0.15) is 0 Å². The fourth-order valence-corrected chi connectivity index (χ4v) is 3.04. The molecule has 0 radical (unpaired) electrons. The third-order valence-corrected chi connectivity index (χ3v) is 4.26. The highest BCUT2D eigenvalue weighted by molar-refractivity contribution is 4.77. The number of likely N-dealkylation sites (tertiary alicyclic amines) is 1. The van der Waals surface area contributed by atoms with Gasteiger partial charge in [-0.3, -0.25) is 4.90 Å². The molecule has 0 amide bonds. The minimum atomic E-state index is 0.785. The molecule has 1 N–H and O–H groups in total. The molecule has 94 valence electrons. The van der Waals surface area contributed by atoms with Gasteiger partial charge in [-0.1, -0.05) is 0 Å². The molecule has 0 aromatic heterocycles. The summed E-state index contributed by atoms with van der Waals surface area (Å²) in [5, 5.41) is 3.42. The summed E-state index contributed by atoms with van der Waals surface area (Å²) < 4.78 is 0. The number of piperazine rings is 1. The number of hydrogen-bond donors (Lipinski definition) is 1. The third kappa shape index (κ3) is 3.44. The molecule has 0 spiro atoms. The van der Waals surface area contributed by atoms with Crippen molar-refractivity contribution in [1.82, 2.24) is 15.1 Å². The van der Waals surface area contributed by atoms with Crippen LogP contribution in [0.5, 0.6) is 0 Å². The molecule has 2 atom stereocenters. The van der Waals surface area contributed by atoms with E-state index in [9.17, 15) is 0 Å². The lowest BCUT2D eigenvalue weighted by molar-refractivity contribution is 0.169. The van der Waals surface area contributed by atoms with Gasteiger partial charge in [-0.15, -0.1) is 0 Å². The zero-order valence-electron chi connectivity index (χ0n) is 10.9. The predicted molar refractivity (Wildman–Crippen MR) is 68.7 cm³/mol. The van der Waals surface area contributed by atoms with Crippen LogP contribution >= 0.6 is 0 Å². The Morgan fingerprint density at radius 1 is 1.25 bits per heavy atom. The van der Waals surface area contributed by atoms with Crippen LogP contribution in [0.2, 0.25) is 0 Å². The lowest BCUT2D eigenvalue weighted by atomic mass is 9.99. The van der Waals surface area contributed by atoms with Crippen LogP contribution in [0.4, 0.5) is 0 Å². The summed E-state index contributed by atoms with van der Waals surface area (Å²) in [5.41, 5.74) is 0. The van der Waals surface area contributed by atoms with E-state index in [0.29, 0.717) is 0 Å². The lowest BCUT2D eigenvalue weighted by Gasteiger charge is -2.33. The maximum absolute atomic E-state index is 3.42. The molecule has 2 aliphatic heterocycles. The normalized spacial score (nSPS) is 30.8. The molecule has 3 heteroatoms. The minimum absolute atomic E-state index is 0.785. The summed E-state index contributed by atoms with van der Waals surface area (Å²) in [6.45, 7) is 9.88. The molecule has 2 fully saturated rings. The van der Waals surface area contributed by atoms with Crippen molar-refractivity contribution < 1.29 is 0 Å². The van der Waals surface area contributed by atoms with Crippen molar-refractivity contribution in [3.63, 3.8) is 0 Å². The second kappa shape index (κ2) is 5.99. The van der Waals surface area contributed by atoms with E-state index in [2.05, 4.69) is 29.1 Å². The van der Waals surface area contributed by atoms with Gasteiger partial charge in [0, 0.05) is 38.8 Å². The third-order valence-electron chi connectivity index (χ3n) is 4.26. The Morgan fingerprint density at radius 3 is 2.62 bits per heavy atom. The molecule has 2 unspecified atom stereocenters. The fourth-order valence-electron chi connectivity index (χ4n) is 3.04. The van der Waals surface area contributed by atoms with E-state index in [1.807, 2.05) is 0 Å². The van der Waals surface area contributed by atoms with Gasteiger partial charge < -0.3 is 10.2 Å². The molecular formula is C13H27N3. The van der Waals surface area contributed by atoms with Gasteiger partial charge in [-0.25, -0.2) is 0 Å². The highest BCUT2D eigenvalue weighted by atomic mass is 15.2. The Bertz CT molecular complexity index is 201. The van der Waals surface area contributed by atoms with Crippen molar-refractivity contribution in [2.24, 2.45) is 5.92 Å². The van der Waals surface area contributed by atoms with E-state index in [-0.39, 0.29) is 0 Å². The Kier molecular flexibility index (Phi) is 4.62. The summed E-state index contributed by atoms with van der Waals surface area (Å²) >= 11 is 0. The minimum Gasteiger partial charge on any atom is -0.314 e. The van der Waals surface area contributed by atoms with Crippen molar-refractivity contribution in [1.29, 1.82) is 0 Å². The van der Waals surface area contributed by atoms with Crippen LogP contribution in [-0.4, -0.2) is 62.2 Å². The standard InChI is InChI=1S/C13H27N3/c1-12(16-9-6-14-7-10-16)3-4-13-5-8-15(2)11-13/h12-14H,3-11H2,1-2H3. The largest absolute Gasteiger partial charge is 0.314 e. The van der Waals surface area contributed by atoms with Gasteiger partial charge in [0.2, 0.25) is 0 Å². The van der Waals surface area contributed by atoms with E-state index in [1.165, 1.54) is 58.5 Å². The monoisotopic (exact) mass is 225 g/mol. The molecule has 2 heterocycles. The quantitative estimate of drug-likeness (QED) is 0.770. The second-order valence-corrected chi connectivity index (χ2v) is 5.63. The molecular weight excluding hydrogens is 198 g/mol. The second-order valence-electron chi connectivity index (χ2n) is 5.63. The zero-order valence-corrected chi connectivity index (χ0v) is 10.9. The van der Waals surface area contributed by atoms with Crippen LogP contribution < -0.4 is 5.32 Å². The van der Waals surface area contributed by atoms with Crippen molar-refractivity contribution in [2.75, 3.05) is 46.3 Å². The molecule has 0 aromatic carbocycles. The number of nitrogens with zero attached hydrogens (tertiary/aromatic N) is 2. The van der Waals surface area contributed by atoms with Crippen LogP contribution in [0.1, 0.15) is 26.2 Å². The van der Waals surface area contributed by atoms with Gasteiger partial charge in [0.15, 0.2) is 0 Å². The average molecular weight is 225 g/mol. The maximum Gasteiger partial charge on any atom is 0.0110 e. The highest BCUT2D eigenvalue weighted by Crippen LogP contribution is 2.21. The summed E-state index contributed by atoms with van der Waals surface area (Å²) in [6.07, 6.45) is 4.23. The van der Waals surface area contributed by atoms with E-state index in [4.69, 9.17) is 0 Å². The smallest absolute Gasteiger partial charge is 0.0110 e. The summed E-state index contributed by atoms with van der Waals surface area (Å²) in [4.78, 5) is 5.12. The van der Waals surface area contributed by atoms with Gasteiger partial charge in [0.05, 0.1) is 0 Å². The van der Waals surface area contributed by atoms with Crippen molar-refractivity contribution in [2.45, 2.75) is 32.2 Å². The predicted octanol–water partition coefficient (Wildman–Crippen LogP) is 1.01. The summed E-state index contributed by atoms with van der Waals surface area (Å²) in [6, 6.07) is 0.785. The Morgan fingerprint density at radius 2 is 2.00 bits per heavy atom. The first kappa shape index (κ1) is 12.3. The molecule has 2 saturated heterocycles. The molecule has 2 rings (SSSR count). The molecule has 2 aliphatic rings. The van der Waals surface area contributed by atoms with E-state index >= 15 is 0 Å². The molecule has 0 bridgehead atoms. The highest BCUT2D eigenvalue weighted by Gasteiger charge is 2.22. The van der Waals surface area contributed by atoms with Crippen molar-refractivity contribution in [3.8, 4) is 0 Å². The zero-order chi connectivity index (χ0) is 11.4. The lowest BCUT2D eigenvalue weighted by Crippen LogP contribution is -2.47. The molecule has 0 aromatic rings. The van der Waals surface area contributed by atoms with Gasteiger partial charge >= 0.3 is 0 Å². The Balaban J connectivity index is 1.64. The van der Waals surface area contributed by atoms with Crippen LogP contribution in [0.3, 0.4) is 0 Å². The fraction of sp³-hybridized carbons (Fsp3) is 1.00. The first-order valence-electron chi connectivity index (χ1n) is 6.89. The van der Waals surface area contributed by atoms with Gasteiger partial charge in [-0.05, 0) is 45.7 Å².